The number of hydrogen-bond acceptors (Lipinski definition) is 7. The lowest BCUT2D eigenvalue weighted by Crippen LogP contribution is -2.36. The summed E-state index contributed by atoms with van der Waals surface area (Å²) in [6, 6.07) is 7.73. The van der Waals surface area contributed by atoms with Gasteiger partial charge in [0.05, 0.1) is 25.4 Å². The highest BCUT2D eigenvalue weighted by molar-refractivity contribution is 7.17. The third-order valence-corrected chi connectivity index (χ3v) is 6.09. The fourth-order valence-corrected chi connectivity index (χ4v) is 4.50. The minimum Gasteiger partial charge on any atom is -0.490 e. The number of rotatable bonds is 2. The molecule has 0 unspecified atom stereocenters. The van der Waals surface area contributed by atoms with Crippen LogP contribution in [-0.2, 0) is 4.74 Å². The topological polar surface area (TPSA) is 55.2 Å². The lowest BCUT2D eigenvalue weighted by molar-refractivity contribution is 0.121. The van der Waals surface area contributed by atoms with E-state index in [1.807, 2.05) is 17.5 Å². The summed E-state index contributed by atoms with van der Waals surface area (Å²) in [7, 11) is 2.06. The third kappa shape index (κ3) is 2.87. The van der Waals surface area contributed by atoms with E-state index >= 15 is 0 Å². The number of nitrogens with zero attached hydrogens (tertiary/aromatic N) is 2. The van der Waals surface area contributed by atoms with Gasteiger partial charge in [0.2, 0.25) is 5.43 Å². The molecule has 0 saturated carbocycles. The highest BCUT2D eigenvalue weighted by atomic mass is 32.1. The summed E-state index contributed by atoms with van der Waals surface area (Å²) >= 11 is 1.43. The van der Waals surface area contributed by atoms with Crippen LogP contribution in [-0.4, -0.2) is 46.5 Å². The summed E-state index contributed by atoms with van der Waals surface area (Å²) in [6.45, 7) is 4.31. The van der Waals surface area contributed by atoms with Crippen molar-refractivity contribution in [3.05, 3.63) is 39.9 Å². The molecule has 140 valence electrons. The average molecular weight is 384 g/mol. The maximum Gasteiger partial charge on any atom is 0.204 e. The molecule has 5 rings (SSSR count). The predicted octanol–water partition coefficient (Wildman–Crippen LogP) is 3.19. The molecule has 0 aliphatic carbocycles. The molecule has 1 fully saturated rings. The number of likely N-dealkylation sites (N-methyl/N-ethyl adjacent to an activating group) is 1. The van der Waals surface area contributed by atoms with Crippen molar-refractivity contribution in [2.45, 2.75) is 0 Å². The highest BCUT2D eigenvalue weighted by Crippen LogP contribution is 2.39. The van der Waals surface area contributed by atoms with E-state index in [0.29, 0.717) is 36.0 Å². The molecule has 4 heterocycles. The van der Waals surface area contributed by atoms with Crippen LogP contribution in [0.3, 0.4) is 0 Å². The quantitative estimate of drug-likeness (QED) is 0.676. The second kappa shape index (κ2) is 6.58. The minimum atomic E-state index is 0.00685. The fraction of sp³-hybridized carbons (Fsp3) is 0.350. The number of ether oxygens (including phenoxy) is 2. The second-order valence-electron chi connectivity index (χ2n) is 6.81. The lowest BCUT2D eigenvalue weighted by atomic mass is 10.1. The van der Waals surface area contributed by atoms with E-state index in [2.05, 4.69) is 22.9 Å². The average Bonchev–Trinajstić information content (AvgIpc) is 3.13. The van der Waals surface area contributed by atoms with E-state index in [1.165, 1.54) is 11.3 Å². The molecule has 3 aromatic rings. The Kier molecular flexibility index (Phi) is 4.06. The summed E-state index contributed by atoms with van der Waals surface area (Å²) in [5.74, 6) is 1.51. The first-order chi connectivity index (χ1) is 13.2. The van der Waals surface area contributed by atoms with Crippen molar-refractivity contribution in [3.63, 3.8) is 0 Å². The molecule has 0 N–H and O–H groups in total. The Balaban J connectivity index is 1.62. The van der Waals surface area contributed by atoms with Gasteiger partial charge in [0.25, 0.3) is 0 Å². The molecule has 1 aromatic carbocycles. The van der Waals surface area contributed by atoms with Crippen LogP contribution in [0.2, 0.25) is 0 Å². The molecule has 0 spiro atoms. The molecular formula is C20H20N2O4S. The SMILES string of the molecule is CN1CCOc2ccc(-c3csc4c(=O)cc(N5CCOCC5)oc34)cc21. The van der Waals surface area contributed by atoms with E-state index in [4.69, 9.17) is 13.9 Å². The molecule has 0 atom stereocenters. The van der Waals surface area contributed by atoms with Gasteiger partial charge in [0.15, 0.2) is 11.5 Å². The van der Waals surface area contributed by atoms with Crippen LogP contribution in [0.5, 0.6) is 5.75 Å². The summed E-state index contributed by atoms with van der Waals surface area (Å²) in [5, 5.41) is 2.00. The van der Waals surface area contributed by atoms with Gasteiger partial charge in [-0.2, -0.15) is 0 Å². The highest BCUT2D eigenvalue weighted by Gasteiger charge is 2.20. The van der Waals surface area contributed by atoms with Gasteiger partial charge in [0, 0.05) is 37.1 Å². The number of anilines is 2. The molecule has 2 aliphatic heterocycles. The van der Waals surface area contributed by atoms with Gasteiger partial charge in [0.1, 0.15) is 17.1 Å². The van der Waals surface area contributed by atoms with Crippen LogP contribution in [0.4, 0.5) is 11.6 Å². The van der Waals surface area contributed by atoms with Crippen molar-refractivity contribution >= 4 is 33.2 Å². The molecular weight excluding hydrogens is 364 g/mol. The molecule has 0 amide bonds. The van der Waals surface area contributed by atoms with Crippen molar-refractivity contribution in [2.24, 2.45) is 0 Å². The Labute approximate surface area is 160 Å². The van der Waals surface area contributed by atoms with E-state index < -0.39 is 0 Å². The summed E-state index contributed by atoms with van der Waals surface area (Å²) in [4.78, 5) is 16.9. The molecule has 1 saturated heterocycles. The zero-order chi connectivity index (χ0) is 18.4. The van der Waals surface area contributed by atoms with Crippen LogP contribution in [0.1, 0.15) is 0 Å². The van der Waals surface area contributed by atoms with E-state index in [0.717, 1.165) is 42.2 Å². The van der Waals surface area contributed by atoms with Crippen LogP contribution in [0.25, 0.3) is 21.4 Å². The molecule has 6 nitrogen and oxygen atoms in total. The number of fused-ring (bicyclic) bond motifs is 2. The van der Waals surface area contributed by atoms with Gasteiger partial charge >= 0.3 is 0 Å². The van der Waals surface area contributed by atoms with E-state index in [9.17, 15) is 4.79 Å². The fourth-order valence-electron chi connectivity index (χ4n) is 3.59. The minimum absolute atomic E-state index is 0.00685. The van der Waals surface area contributed by atoms with Gasteiger partial charge in [-0.15, -0.1) is 11.3 Å². The number of morpholine rings is 1. The summed E-state index contributed by atoms with van der Waals surface area (Å²) in [5.41, 5.74) is 3.70. The van der Waals surface area contributed by atoms with Crippen LogP contribution < -0.4 is 20.0 Å². The largest absolute Gasteiger partial charge is 0.490 e. The van der Waals surface area contributed by atoms with Crippen LogP contribution in [0.15, 0.2) is 38.9 Å². The Bertz CT molecular complexity index is 1050. The molecule has 0 radical (unpaired) electrons. The molecule has 27 heavy (non-hydrogen) atoms. The lowest BCUT2D eigenvalue weighted by Gasteiger charge is -2.28. The number of benzene rings is 1. The van der Waals surface area contributed by atoms with E-state index in [1.54, 1.807) is 6.07 Å². The smallest absolute Gasteiger partial charge is 0.204 e. The van der Waals surface area contributed by atoms with Gasteiger partial charge in [-0.05, 0) is 17.7 Å². The van der Waals surface area contributed by atoms with E-state index in [-0.39, 0.29) is 5.43 Å². The normalized spacial score (nSPS) is 17.1. The van der Waals surface area contributed by atoms with Crippen molar-refractivity contribution in [1.29, 1.82) is 0 Å². The molecule has 2 aromatic heterocycles. The first kappa shape index (κ1) is 16.6. The molecule has 7 heteroatoms. The summed E-state index contributed by atoms with van der Waals surface area (Å²) < 4.78 is 18.0. The zero-order valence-corrected chi connectivity index (χ0v) is 15.9. The first-order valence-corrected chi connectivity index (χ1v) is 9.95. The maximum atomic E-state index is 12.6. The first-order valence-electron chi connectivity index (χ1n) is 9.07. The van der Waals surface area contributed by atoms with Gasteiger partial charge in [-0.3, -0.25) is 4.79 Å². The van der Waals surface area contributed by atoms with Crippen molar-refractivity contribution < 1.29 is 13.9 Å². The Morgan fingerprint density at radius 2 is 1.93 bits per heavy atom. The van der Waals surface area contributed by atoms with Crippen LogP contribution in [0, 0.1) is 0 Å². The van der Waals surface area contributed by atoms with Gasteiger partial charge in [-0.25, -0.2) is 0 Å². The van der Waals surface area contributed by atoms with Crippen molar-refractivity contribution in [2.75, 3.05) is 56.3 Å². The van der Waals surface area contributed by atoms with Crippen LogP contribution >= 0.6 is 11.3 Å². The number of thiophene rings is 1. The third-order valence-electron chi connectivity index (χ3n) is 5.12. The van der Waals surface area contributed by atoms with Gasteiger partial charge < -0.3 is 23.7 Å². The number of hydrogen-bond donors (Lipinski definition) is 0. The van der Waals surface area contributed by atoms with Gasteiger partial charge in [-0.1, -0.05) is 6.07 Å². The van der Waals surface area contributed by atoms with Crippen molar-refractivity contribution in [1.82, 2.24) is 0 Å². The predicted molar refractivity (Wildman–Crippen MR) is 108 cm³/mol. The zero-order valence-electron chi connectivity index (χ0n) is 15.1. The Hall–Kier alpha value is -2.51. The maximum absolute atomic E-state index is 12.6. The van der Waals surface area contributed by atoms with Crippen molar-refractivity contribution in [3.8, 4) is 16.9 Å². The second-order valence-corrected chi connectivity index (χ2v) is 7.69. The monoisotopic (exact) mass is 384 g/mol. The Morgan fingerprint density at radius 3 is 2.78 bits per heavy atom. The molecule has 0 bridgehead atoms. The summed E-state index contributed by atoms with van der Waals surface area (Å²) in [6.07, 6.45) is 0. The molecule has 2 aliphatic rings. The standard InChI is InChI=1S/C20H20N2O4S/c1-21-4-9-25-17-3-2-13(10-15(17)21)14-12-27-20-16(23)11-18(26-19(14)20)22-5-7-24-8-6-22/h2-3,10-12H,4-9H2,1H3. The Morgan fingerprint density at radius 1 is 1.07 bits per heavy atom.